The molecule has 1 aliphatic rings. The van der Waals surface area contributed by atoms with Crippen molar-refractivity contribution in [2.75, 3.05) is 5.32 Å². The predicted molar refractivity (Wildman–Crippen MR) is 69.3 cm³/mol. The van der Waals surface area contributed by atoms with Crippen LogP contribution in [0.4, 0.5) is 18.9 Å². The molecule has 20 heavy (non-hydrogen) atoms. The molecule has 0 unspecified atom stereocenters. The Labute approximate surface area is 112 Å². The summed E-state index contributed by atoms with van der Waals surface area (Å²) in [6.45, 7) is 0. The summed E-state index contributed by atoms with van der Waals surface area (Å²) in [7, 11) is 0. The van der Waals surface area contributed by atoms with Crippen LogP contribution in [0, 0.1) is 17.5 Å². The summed E-state index contributed by atoms with van der Waals surface area (Å²) in [5, 5.41) is 2.46. The van der Waals surface area contributed by atoms with Gasteiger partial charge >= 0.3 is 0 Å². The van der Waals surface area contributed by atoms with Crippen molar-refractivity contribution in [1.29, 1.82) is 0 Å². The largest absolute Gasteiger partial charge is 0.321 e. The molecule has 0 saturated heterocycles. The molecule has 0 aromatic heterocycles. The van der Waals surface area contributed by atoms with E-state index in [4.69, 9.17) is 0 Å². The molecule has 0 bridgehead atoms. The van der Waals surface area contributed by atoms with Crippen LogP contribution in [-0.4, -0.2) is 5.91 Å². The number of anilines is 1. The van der Waals surface area contributed by atoms with Crippen molar-refractivity contribution in [3.8, 4) is 0 Å². The van der Waals surface area contributed by atoms with Crippen molar-refractivity contribution in [3.05, 3.63) is 65.0 Å². The fourth-order valence-electron chi connectivity index (χ4n) is 2.08. The lowest BCUT2D eigenvalue weighted by Gasteiger charge is -2.01. The van der Waals surface area contributed by atoms with Gasteiger partial charge in [-0.1, -0.05) is 12.1 Å². The van der Waals surface area contributed by atoms with Crippen molar-refractivity contribution in [1.82, 2.24) is 0 Å². The normalized spacial score (nSPS) is 15.3. The Morgan fingerprint density at radius 2 is 1.65 bits per heavy atom. The third-order valence-corrected chi connectivity index (χ3v) is 3.04. The van der Waals surface area contributed by atoms with Crippen molar-refractivity contribution in [2.45, 2.75) is 0 Å². The number of hydrogen-bond acceptors (Lipinski definition) is 1. The Morgan fingerprint density at radius 1 is 0.950 bits per heavy atom. The van der Waals surface area contributed by atoms with Crippen LogP contribution < -0.4 is 5.32 Å². The predicted octanol–water partition coefficient (Wildman–Crippen LogP) is 3.60. The zero-order valence-corrected chi connectivity index (χ0v) is 10.1. The maximum absolute atomic E-state index is 13.8. The molecule has 1 N–H and O–H groups in total. The van der Waals surface area contributed by atoms with Crippen LogP contribution in [0.3, 0.4) is 0 Å². The molecule has 100 valence electrons. The fraction of sp³-hybridized carbons (Fsp3) is 0. The Kier molecular flexibility index (Phi) is 2.82. The Morgan fingerprint density at radius 3 is 2.35 bits per heavy atom. The highest BCUT2D eigenvalue weighted by Gasteiger charge is 2.29. The first-order valence-electron chi connectivity index (χ1n) is 5.83. The van der Waals surface area contributed by atoms with Gasteiger partial charge in [-0.3, -0.25) is 4.79 Å². The summed E-state index contributed by atoms with van der Waals surface area (Å²) < 4.78 is 39.9. The second-order valence-corrected chi connectivity index (χ2v) is 4.35. The van der Waals surface area contributed by atoms with Gasteiger partial charge in [0.2, 0.25) is 0 Å². The molecule has 2 aromatic carbocycles. The number of carbonyl (C=O) groups is 1. The number of carbonyl (C=O) groups excluding carboxylic acids is 1. The van der Waals surface area contributed by atoms with Crippen LogP contribution in [0.25, 0.3) is 11.6 Å². The number of nitrogens with one attached hydrogen (secondary N) is 1. The van der Waals surface area contributed by atoms with Gasteiger partial charge in [-0.15, -0.1) is 0 Å². The monoisotopic (exact) mass is 275 g/mol. The van der Waals surface area contributed by atoms with E-state index in [1.165, 1.54) is 36.4 Å². The maximum Gasteiger partial charge on any atom is 0.256 e. The number of halogens is 3. The molecular formula is C15H8F3NO. The quantitative estimate of drug-likeness (QED) is 0.792. The summed E-state index contributed by atoms with van der Waals surface area (Å²) in [4.78, 5) is 11.8. The van der Waals surface area contributed by atoms with Gasteiger partial charge in [0.15, 0.2) is 11.6 Å². The van der Waals surface area contributed by atoms with E-state index in [1.807, 2.05) is 0 Å². The summed E-state index contributed by atoms with van der Waals surface area (Å²) in [6.07, 6.45) is 1.39. The van der Waals surface area contributed by atoms with Crippen molar-refractivity contribution in [3.63, 3.8) is 0 Å². The smallest absolute Gasteiger partial charge is 0.256 e. The summed E-state index contributed by atoms with van der Waals surface area (Å²) in [5.41, 5.74) is 0.665. The topological polar surface area (TPSA) is 29.1 Å². The lowest BCUT2D eigenvalue weighted by Crippen LogP contribution is -2.03. The van der Waals surface area contributed by atoms with E-state index in [9.17, 15) is 18.0 Å². The molecule has 5 heteroatoms. The Balaban J connectivity index is 2.14. The Bertz CT molecular complexity index is 736. The summed E-state index contributed by atoms with van der Waals surface area (Å²) in [6, 6.07) is 7.60. The minimum atomic E-state index is -1.07. The minimum Gasteiger partial charge on any atom is -0.321 e. The molecule has 0 spiro atoms. The average molecular weight is 275 g/mol. The van der Waals surface area contributed by atoms with Crippen LogP contribution in [0.1, 0.15) is 11.1 Å². The van der Waals surface area contributed by atoms with Crippen LogP contribution in [0.5, 0.6) is 0 Å². The van der Waals surface area contributed by atoms with Gasteiger partial charge in [0, 0.05) is 5.56 Å². The molecule has 0 radical (unpaired) electrons. The maximum atomic E-state index is 13.8. The van der Waals surface area contributed by atoms with E-state index >= 15 is 0 Å². The summed E-state index contributed by atoms with van der Waals surface area (Å²) in [5.74, 6) is -3.03. The van der Waals surface area contributed by atoms with Crippen LogP contribution in [0.2, 0.25) is 0 Å². The number of benzene rings is 2. The number of amides is 1. The highest BCUT2D eigenvalue weighted by Crippen LogP contribution is 2.36. The zero-order valence-electron chi connectivity index (χ0n) is 10.1. The van der Waals surface area contributed by atoms with E-state index in [2.05, 4.69) is 5.32 Å². The number of rotatable bonds is 1. The first kappa shape index (κ1) is 12.5. The minimum absolute atomic E-state index is 0.0172. The van der Waals surface area contributed by atoms with E-state index < -0.39 is 23.4 Å². The Hall–Kier alpha value is -2.56. The van der Waals surface area contributed by atoms with Crippen LogP contribution >= 0.6 is 0 Å². The van der Waals surface area contributed by atoms with Gasteiger partial charge < -0.3 is 5.32 Å². The molecule has 2 nitrogen and oxygen atoms in total. The van der Waals surface area contributed by atoms with E-state index in [0.29, 0.717) is 5.56 Å². The molecule has 2 aromatic rings. The highest BCUT2D eigenvalue weighted by molar-refractivity contribution is 6.35. The summed E-state index contributed by atoms with van der Waals surface area (Å²) >= 11 is 0. The van der Waals surface area contributed by atoms with Crippen LogP contribution in [0.15, 0.2) is 36.4 Å². The van der Waals surface area contributed by atoms with E-state index in [1.54, 1.807) is 0 Å². The molecule has 0 aliphatic carbocycles. The molecule has 0 saturated carbocycles. The van der Waals surface area contributed by atoms with Crippen molar-refractivity contribution >= 4 is 23.2 Å². The SMILES string of the molecule is O=C1Nc2ccc(F)c(F)c2C1=Cc1ccc(F)cc1. The molecule has 3 rings (SSSR count). The standard InChI is InChI=1S/C15H8F3NO/c16-9-3-1-8(2-4-9)7-10-13-12(19-15(10)20)6-5-11(17)14(13)18/h1-7H,(H,19,20). The zero-order chi connectivity index (χ0) is 14.3. The van der Waals surface area contributed by atoms with Gasteiger partial charge in [-0.25, -0.2) is 13.2 Å². The lowest BCUT2D eigenvalue weighted by molar-refractivity contribution is -0.110. The lowest BCUT2D eigenvalue weighted by atomic mass is 10.0. The van der Waals surface area contributed by atoms with Gasteiger partial charge in [0.05, 0.1) is 11.3 Å². The van der Waals surface area contributed by atoms with Crippen molar-refractivity contribution < 1.29 is 18.0 Å². The third kappa shape index (κ3) is 1.97. The first-order chi connectivity index (χ1) is 9.56. The molecule has 1 heterocycles. The number of fused-ring (bicyclic) bond motifs is 1. The third-order valence-electron chi connectivity index (χ3n) is 3.04. The number of hydrogen-bond donors (Lipinski definition) is 1. The molecule has 1 amide bonds. The van der Waals surface area contributed by atoms with E-state index in [-0.39, 0.29) is 16.8 Å². The fourth-order valence-corrected chi connectivity index (χ4v) is 2.08. The van der Waals surface area contributed by atoms with E-state index in [0.717, 1.165) is 6.07 Å². The first-order valence-corrected chi connectivity index (χ1v) is 5.83. The molecular weight excluding hydrogens is 267 g/mol. The van der Waals surface area contributed by atoms with Crippen molar-refractivity contribution in [2.24, 2.45) is 0 Å². The van der Waals surface area contributed by atoms with Gasteiger partial charge in [0.25, 0.3) is 5.91 Å². The van der Waals surface area contributed by atoms with Gasteiger partial charge in [-0.2, -0.15) is 0 Å². The highest BCUT2D eigenvalue weighted by atomic mass is 19.2. The molecule has 1 aliphatic heterocycles. The average Bonchev–Trinajstić information content (AvgIpc) is 2.74. The van der Waals surface area contributed by atoms with Crippen LogP contribution in [-0.2, 0) is 4.79 Å². The molecule has 0 fully saturated rings. The van der Waals surface area contributed by atoms with Gasteiger partial charge in [-0.05, 0) is 35.9 Å². The second kappa shape index (κ2) is 4.52. The van der Waals surface area contributed by atoms with Gasteiger partial charge in [0.1, 0.15) is 5.82 Å². The second-order valence-electron chi connectivity index (χ2n) is 4.35. The molecule has 0 atom stereocenters.